The van der Waals surface area contributed by atoms with Crippen molar-refractivity contribution in [1.82, 2.24) is 9.80 Å². The number of hydrogen-bond acceptors (Lipinski definition) is 7. The number of carboxylic acids is 1. The van der Waals surface area contributed by atoms with Gasteiger partial charge in [0.2, 0.25) is 0 Å². The second kappa shape index (κ2) is 51.3. The first kappa shape index (κ1) is 63.4. The van der Waals surface area contributed by atoms with Crippen LogP contribution in [-0.2, 0) is 23.9 Å². The van der Waals surface area contributed by atoms with Crippen LogP contribution in [-0.4, -0.2) is 85.8 Å². The highest BCUT2D eigenvalue weighted by Crippen LogP contribution is 2.22. The number of rotatable bonds is 49. The Hall–Kier alpha value is -1.67. The van der Waals surface area contributed by atoms with Crippen LogP contribution in [0.15, 0.2) is 0 Å². The monoisotopic (exact) mass is 895 g/mol. The molecular formula is C55H110N2O6. The van der Waals surface area contributed by atoms with E-state index < -0.39 is 5.97 Å². The van der Waals surface area contributed by atoms with E-state index in [4.69, 9.17) is 14.6 Å². The van der Waals surface area contributed by atoms with E-state index in [1.54, 1.807) is 0 Å². The summed E-state index contributed by atoms with van der Waals surface area (Å²) in [4.78, 5) is 41.4. The lowest BCUT2D eigenvalue weighted by molar-refractivity contribution is -0.146. The molecular weight excluding hydrogens is 785 g/mol. The Morgan fingerprint density at radius 2 is 0.714 bits per heavy atom. The van der Waals surface area contributed by atoms with Crippen LogP contribution in [0.1, 0.15) is 273 Å². The molecule has 0 saturated heterocycles. The largest absolute Gasteiger partial charge is 0.481 e. The van der Waals surface area contributed by atoms with Crippen molar-refractivity contribution in [2.24, 2.45) is 11.8 Å². The van der Waals surface area contributed by atoms with Gasteiger partial charge in [-0.1, -0.05) is 189 Å². The molecule has 0 spiro atoms. The molecule has 1 N–H and O–H groups in total. The van der Waals surface area contributed by atoms with E-state index in [0.717, 1.165) is 90.5 Å². The molecule has 63 heavy (non-hydrogen) atoms. The maximum Gasteiger partial charge on any atom is 0.305 e. The van der Waals surface area contributed by atoms with Crippen LogP contribution < -0.4 is 0 Å². The number of carboxylic acid groups (broad SMARTS) is 1. The molecule has 0 heterocycles. The van der Waals surface area contributed by atoms with Crippen LogP contribution in [0.5, 0.6) is 0 Å². The van der Waals surface area contributed by atoms with Crippen LogP contribution in [0.4, 0.5) is 0 Å². The minimum atomic E-state index is -0.709. The summed E-state index contributed by atoms with van der Waals surface area (Å²) >= 11 is 0. The minimum absolute atomic E-state index is 0.0258. The Kier molecular flexibility index (Phi) is 51.7. The maximum absolute atomic E-state index is 12.8. The van der Waals surface area contributed by atoms with Crippen LogP contribution >= 0.6 is 0 Å². The Balaban J connectivity index is 0. The smallest absolute Gasteiger partial charge is 0.305 e. The molecule has 0 aliphatic carbocycles. The molecule has 0 saturated carbocycles. The zero-order valence-corrected chi connectivity index (χ0v) is 43.4. The van der Waals surface area contributed by atoms with Crippen molar-refractivity contribution >= 4 is 17.9 Å². The van der Waals surface area contributed by atoms with Gasteiger partial charge in [-0.15, -0.1) is 0 Å². The Morgan fingerprint density at radius 1 is 0.397 bits per heavy atom. The molecule has 0 aromatic rings. The van der Waals surface area contributed by atoms with E-state index in [2.05, 4.69) is 44.5 Å². The zero-order valence-electron chi connectivity index (χ0n) is 43.4. The van der Waals surface area contributed by atoms with E-state index in [0.29, 0.717) is 37.9 Å². The van der Waals surface area contributed by atoms with E-state index in [1.807, 2.05) is 13.8 Å². The highest BCUT2D eigenvalue weighted by molar-refractivity contribution is 5.69. The van der Waals surface area contributed by atoms with Gasteiger partial charge in [-0.05, 0) is 103 Å². The Labute approximate surface area is 392 Å². The van der Waals surface area contributed by atoms with E-state index in [9.17, 15) is 14.4 Å². The molecule has 0 aliphatic heterocycles. The fraction of sp³-hybridized carbons (Fsp3) is 0.945. The number of aliphatic carboxylic acids is 1. The lowest BCUT2D eigenvalue weighted by Gasteiger charge is -2.25. The predicted molar refractivity (Wildman–Crippen MR) is 271 cm³/mol. The first-order valence-electron chi connectivity index (χ1n) is 27.7. The second-order valence-electron chi connectivity index (χ2n) is 18.9. The average Bonchev–Trinajstić information content (AvgIpc) is 3.28. The number of ether oxygens (including phenoxy) is 2. The third kappa shape index (κ3) is 48.1. The van der Waals surface area contributed by atoms with Gasteiger partial charge in [-0.3, -0.25) is 14.4 Å². The molecule has 0 aromatic carbocycles. The molecule has 0 aliphatic rings. The summed E-state index contributed by atoms with van der Waals surface area (Å²) in [7, 11) is 2.17. The molecule has 8 heteroatoms. The van der Waals surface area contributed by atoms with Crippen molar-refractivity contribution in [3.05, 3.63) is 0 Å². The zero-order chi connectivity index (χ0) is 46.9. The predicted octanol–water partition coefficient (Wildman–Crippen LogP) is 15.8. The summed E-state index contributed by atoms with van der Waals surface area (Å²) in [6.07, 6.45) is 40.5. The van der Waals surface area contributed by atoms with Crippen molar-refractivity contribution in [2.75, 3.05) is 53.0 Å². The summed E-state index contributed by atoms with van der Waals surface area (Å²) in [5.41, 5.74) is 0. The first-order chi connectivity index (χ1) is 30.7. The number of carbonyl (C=O) groups is 3. The number of hydrogen-bond donors (Lipinski definition) is 1. The van der Waals surface area contributed by atoms with Crippen LogP contribution in [0.25, 0.3) is 0 Å². The van der Waals surface area contributed by atoms with E-state index in [-0.39, 0.29) is 18.4 Å². The summed E-state index contributed by atoms with van der Waals surface area (Å²) in [5, 5.41) is 8.94. The van der Waals surface area contributed by atoms with Gasteiger partial charge in [0.1, 0.15) is 0 Å². The third-order valence-corrected chi connectivity index (χ3v) is 12.8. The summed E-state index contributed by atoms with van der Waals surface area (Å²) in [6.45, 7) is 19.2. The molecule has 0 radical (unpaired) electrons. The van der Waals surface area contributed by atoms with Gasteiger partial charge in [0.15, 0.2) is 0 Å². The summed E-state index contributed by atoms with van der Waals surface area (Å²) in [5.74, 6) is 0.251. The summed E-state index contributed by atoms with van der Waals surface area (Å²) < 4.78 is 11.7. The lowest BCUT2D eigenvalue weighted by atomic mass is 9.95. The number of esters is 2. The number of carbonyl (C=O) groups excluding carboxylic acids is 2. The van der Waals surface area contributed by atoms with E-state index >= 15 is 0 Å². The van der Waals surface area contributed by atoms with Crippen LogP contribution in [0, 0.1) is 11.8 Å². The number of likely N-dealkylation sites (N-methyl/N-ethyl adjacent to an activating group) is 1. The molecule has 0 rings (SSSR count). The molecule has 0 amide bonds. The minimum Gasteiger partial charge on any atom is -0.481 e. The molecule has 0 bridgehead atoms. The quantitative estimate of drug-likeness (QED) is 0.0476. The van der Waals surface area contributed by atoms with Gasteiger partial charge in [-0.2, -0.15) is 0 Å². The van der Waals surface area contributed by atoms with Gasteiger partial charge < -0.3 is 24.4 Å². The van der Waals surface area contributed by atoms with Crippen molar-refractivity contribution < 1.29 is 29.0 Å². The van der Waals surface area contributed by atoms with Crippen molar-refractivity contribution in [3.8, 4) is 0 Å². The normalized spacial score (nSPS) is 12.3. The van der Waals surface area contributed by atoms with Crippen molar-refractivity contribution in [1.29, 1.82) is 0 Å². The van der Waals surface area contributed by atoms with Gasteiger partial charge in [-0.25, -0.2) is 0 Å². The Morgan fingerprint density at radius 3 is 1.10 bits per heavy atom. The first-order valence-corrected chi connectivity index (χ1v) is 27.7. The topological polar surface area (TPSA) is 96.4 Å². The van der Waals surface area contributed by atoms with Crippen LogP contribution in [0.2, 0.25) is 0 Å². The second-order valence-corrected chi connectivity index (χ2v) is 18.9. The number of unbranched alkanes of at least 4 members (excludes halogenated alkanes) is 22. The van der Waals surface area contributed by atoms with Crippen molar-refractivity contribution in [3.63, 3.8) is 0 Å². The van der Waals surface area contributed by atoms with Gasteiger partial charge in [0.25, 0.3) is 0 Å². The average molecular weight is 895 g/mol. The molecule has 0 aromatic heterocycles. The maximum atomic E-state index is 12.8. The molecule has 2 atom stereocenters. The highest BCUT2D eigenvalue weighted by atomic mass is 16.5. The highest BCUT2D eigenvalue weighted by Gasteiger charge is 2.15. The molecule has 0 fully saturated rings. The third-order valence-electron chi connectivity index (χ3n) is 12.8. The SMILES string of the molecule is CC.CCCCCCCCC(CCCCCC)COC(=O)CCCCCN(CCCCCC(=O)OCC(CCCCCC)CCCCCCCC)CCN(C)CCCCCC(=O)O. The van der Waals surface area contributed by atoms with Gasteiger partial charge >= 0.3 is 17.9 Å². The fourth-order valence-corrected chi connectivity index (χ4v) is 8.49. The Bertz CT molecular complexity index is 905. The standard InChI is InChI=1S/C53H104N2O6.C2H6/c1-6-10-14-18-20-27-37-49(35-25-16-12-8-3)47-60-52(58)40-30-23-33-43-55(46-45-54(5)42-32-22-29-39-51(56)57)44-34-24-31-41-53(59)61-48-50(36-26-17-13-9-4)38-28-21-19-15-11-7-2;1-2/h49-50H,6-48H2,1-5H3,(H,56,57);1-2H3. The molecule has 376 valence electrons. The van der Waals surface area contributed by atoms with Gasteiger partial charge in [0.05, 0.1) is 13.2 Å². The molecule has 2 unspecified atom stereocenters. The van der Waals surface area contributed by atoms with Gasteiger partial charge in [0, 0.05) is 32.4 Å². The van der Waals surface area contributed by atoms with Crippen molar-refractivity contribution in [2.45, 2.75) is 273 Å². The summed E-state index contributed by atoms with van der Waals surface area (Å²) in [6, 6.07) is 0. The fourth-order valence-electron chi connectivity index (χ4n) is 8.49. The lowest BCUT2D eigenvalue weighted by Crippen LogP contribution is -2.35. The number of nitrogens with zero attached hydrogens (tertiary/aromatic N) is 2. The van der Waals surface area contributed by atoms with E-state index in [1.165, 1.54) is 154 Å². The van der Waals surface area contributed by atoms with Crippen LogP contribution in [0.3, 0.4) is 0 Å². The molecule has 8 nitrogen and oxygen atoms in total.